The Morgan fingerprint density at radius 2 is 1.89 bits per heavy atom. The molecule has 18 heavy (non-hydrogen) atoms. The molecule has 1 aliphatic rings. The van der Waals surface area contributed by atoms with E-state index in [0.29, 0.717) is 12.0 Å². The molecule has 1 nitrogen and oxygen atoms in total. The van der Waals surface area contributed by atoms with E-state index in [-0.39, 0.29) is 0 Å². The minimum Gasteiger partial charge on any atom is -0.309 e. The minimum absolute atomic E-state index is 0.499. The molecule has 1 heteroatoms. The second kappa shape index (κ2) is 6.38. The third kappa shape index (κ3) is 3.35. The summed E-state index contributed by atoms with van der Waals surface area (Å²) in [5, 5.41) is 3.81. The Morgan fingerprint density at radius 1 is 1.17 bits per heavy atom. The van der Waals surface area contributed by atoms with Crippen LogP contribution in [0.3, 0.4) is 0 Å². The lowest BCUT2D eigenvalue weighted by molar-refractivity contribution is 0.334. The molecule has 3 atom stereocenters. The Morgan fingerprint density at radius 3 is 2.44 bits per heavy atom. The van der Waals surface area contributed by atoms with Crippen LogP contribution < -0.4 is 5.32 Å². The van der Waals surface area contributed by atoms with E-state index in [4.69, 9.17) is 0 Å². The van der Waals surface area contributed by atoms with Gasteiger partial charge in [0.2, 0.25) is 0 Å². The van der Waals surface area contributed by atoms with Gasteiger partial charge in [-0.2, -0.15) is 0 Å². The van der Waals surface area contributed by atoms with Crippen LogP contribution in [0.1, 0.15) is 51.6 Å². The van der Waals surface area contributed by atoms with Gasteiger partial charge in [0.25, 0.3) is 0 Å². The first kappa shape index (κ1) is 13.6. The van der Waals surface area contributed by atoms with E-state index >= 15 is 0 Å². The summed E-state index contributed by atoms with van der Waals surface area (Å²) >= 11 is 0. The lowest BCUT2D eigenvalue weighted by Crippen LogP contribution is -2.31. The number of hydrogen-bond donors (Lipinski definition) is 1. The number of rotatable bonds is 5. The lowest BCUT2D eigenvalue weighted by Gasteiger charge is -2.26. The fourth-order valence-corrected chi connectivity index (χ4v) is 3.20. The molecule has 0 aliphatic heterocycles. The molecule has 3 unspecified atom stereocenters. The molecule has 0 amide bonds. The predicted octanol–water partition coefficient (Wildman–Crippen LogP) is 4.41. The van der Waals surface area contributed by atoms with E-state index in [0.717, 1.165) is 11.8 Å². The molecule has 0 spiro atoms. The van der Waals surface area contributed by atoms with Crippen molar-refractivity contribution in [2.45, 2.75) is 46.1 Å². The Labute approximate surface area is 112 Å². The molecule has 1 fully saturated rings. The number of nitrogens with one attached hydrogen (secondary N) is 1. The Balaban J connectivity index is 1.95. The average molecular weight is 245 g/mol. The van der Waals surface area contributed by atoms with Gasteiger partial charge < -0.3 is 5.32 Å². The van der Waals surface area contributed by atoms with Crippen LogP contribution in [-0.2, 0) is 0 Å². The second-order valence-electron chi connectivity index (χ2n) is 6.21. The van der Waals surface area contributed by atoms with Crippen LogP contribution in [0.25, 0.3) is 0 Å². The van der Waals surface area contributed by atoms with Crippen molar-refractivity contribution >= 4 is 0 Å². The summed E-state index contributed by atoms with van der Waals surface area (Å²) in [6.45, 7) is 8.20. The fourth-order valence-electron chi connectivity index (χ4n) is 3.20. The largest absolute Gasteiger partial charge is 0.309 e. The normalized spacial score (nSPS) is 25.6. The first-order valence-electron chi connectivity index (χ1n) is 7.47. The average Bonchev–Trinajstić information content (AvgIpc) is 2.76. The zero-order chi connectivity index (χ0) is 13.0. The first-order valence-corrected chi connectivity index (χ1v) is 7.47. The van der Waals surface area contributed by atoms with Crippen molar-refractivity contribution in [1.29, 1.82) is 0 Å². The van der Waals surface area contributed by atoms with Crippen LogP contribution in [-0.4, -0.2) is 6.54 Å². The van der Waals surface area contributed by atoms with Gasteiger partial charge in [-0.3, -0.25) is 0 Å². The molecule has 1 aliphatic carbocycles. The maximum atomic E-state index is 3.81. The van der Waals surface area contributed by atoms with Crippen molar-refractivity contribution in [2.75, 3.05) is 6.54 Å². The number of hydrogen-bond acceptors (Lipinski definition) is 1. The Kier molecular flexibility index (Phi) is 4.82. The van der Waals surface area contributed by atoms with Gasteiger partial charge in [-0.15, -0.1) is 0 Å². The highest BCUT2D eigenvalue weighted by atomic mass is 14.9. The van der Waals surface area contributed by atoms with Crippen molar-refractivity contribution in [1.82, 2.24) is 5.32 Å². The highest BCUT2D eigenvalue weighted by Crippen LogP contribution is 2.31. The molecule has 0 aromatic heterocycles. The molecular weight excluding hydrogens is 218 g/mol. The van der Waals surface area contributed by atoms with Gasteiger partial charge in [0.15, 0.2) is 0 Å². The Bertz CT molecular complexity index is 344. The van der Waals surface area contributed by atoms with Crippen molar-refractivity contribution in [3.63, 3.8) is 0 Å². The van der Waals surface area contributed by atoms with Crippen LogP contribution >= 0.6 is 0 Å². The minimum atomic E-state index is 0.499. The molecule has 1 aromatic carbocycles. The van der Waals surface area contributed by atoms with E-state index < -0.39 is 0 Å². The quantitative estimate of drug-likeness (QED) is 0.810. The van der Waals surface area contributed by atoms with Gasteiger partial charge in [0.1, 0.15) is 0 Å². The smallest absolute Gasteiger partial charge is 0.0343 e. The lowest BCUT2D eigenvalue weighted by atomic mass is 9.93. The summed E-state index contributed by atoms with van der Waals surface area (Å²) in [4.78, 5) is 0. The highest BCUT2D eigenvalue weighted by Gasteiger charge is 2.24. The van der Waals surface area contributed by atoms with Crippen molar-refractivity contribution in [3.05, 3.63) is 35.9 Å². The highest BCUT2D eigenvalue weighted by molar-refractivity contribution is 5.19. The third-order valence-electron chi connectivity index (χ3n) is 4.46. The first-order chi connectivity index (χ1) is 8.68. The monoisotopic (exact) mass is 245 g/mol. The van der Waals surface area contributed by atoms with Gasteiger partial charge in [0.05, 0.1) is 0 Å². The van der Waals surface area contributed by atoms with E-state index in [2.05, 4.69) is 56.4 Å². The van der Waals surface area contributed by atoms with Gasteiger partial charge in [-0.25, -0.2) is 0 Å². The van der Waals surface area contributed by atoms with Crippen molar-refractivity contribution < 1.29 is 0 Å². The van der Waals surface area contributed by atoms with Crippen LogP contribution in [0.5, 0.6) is 0 Å². The van der Waals surface area contributed by atoms with Gasteiger partial charge in [-0.1, -0.05) is 63.9 Å². The molecule has 100 valence electrons. The molecule has 0 bridgehead atoms. The van der Waals surface area contributed by atoms with Gasteiger partial charge >= 0.3 is 0 Å². The molecule has 1 N–H and O–H groups in total. The van der Waals surface area contributed by atoms with Crippen LogP contribution in [0.2, 0.25) is 0 Å². The fraction of sp³-hybridized carbons (Fsp3) is 0.647. The Hall–Kier alpha value is -0.820. The second-order valence-corrected chi connectivity index (χ2v) is 6.21. The summed E-state index contributed by atoms with van der Waals surface area (Å²) in [7, 11) is 0. The molecule has 1 aromatic rings. The molecule has 0 heterocycles. The SMILES string of the molecule is CC(C)C(NCC1CCCC1C)c1ccccc1. The summed E-state index contributed by atoms with van der Waals surface area (Å²) in [5.74, 6) is 2.43. The van der Waals surface area contributed by atoms with Crippen molar-refractivity contribution in [3.8, 4) is 0 Å². The molecular formula is C17H27N. The molecule has 1 saturated carbocycles. The zero-order valence-corrected chi connectivity index (χ0v) is 12.0. The predicted molar refractivity (Wildman–Crippen MR) is 78.5 cm³/mol. The summed E-state index contributed by atoms with van der Waals surface area (Å²) < 4.78 is 0. The third-order valence-corrected chi connectivity index (χ3v) is 4.46. The van der Waals surface area contributed by atoms with Gasteiger partial charge in [-0.05, 0) is 36.3 Å². The number of benzene rings is 1. The topological polar surface area (TPSA) is 12.0 Å². The van der Waals surface area contributed by atoms with Crippen molar-refractivity contribution in [2.24, 2.45) is 17.8 Å². The van der Waals surface area contributed by atoms with Crippen LogP contribution in [0.15, 0.2) is 30.3 Å². The van der Waals surface area contributed by atoms with E-state index in [9.17, 15) is 0 Å². The molecule has 0 saturated heterocycles. The summed E-state index contributed by atoms with van der Waals surface area (Å²) in [6.07, 6.45) is 4.25. The van der Waals surface area contributed by atoms with Crippen LogP contribution in [0.4, 0.5) is 0 Å². The van der Waals surface area contributed by atoms with E-state index in [1.165, 1.54) is 31.4 Å². The van der Waals surface area contributed by atoms with Crippen LogP contribution in [0, 0.1) is 17.8 Å². The summed E-state index contributed by atoms with van der Waals surface area (Å²) in [6, 6.07) is 11.4. The maximum Gasteiger partial charge on any atom is 0.0343 e. The summed E-state index contributed by atoms with van der Waals surface area (Å²) in [5.41, 5.74) is 1.43. The molecule has 0 radical (unpaired) electrons. The van der Waals surface area contributed by atoms with Gasteiger partial charge in [0, 0.05) is 6.04 Å². The molecule has 2 rings (SSSR count). The standard InChI is InChI=1S/C17H27N/c1-13(2)17(15-9-5-4-6-10-15)18-12-16-11-7-8-14(16)3/h4-6,9-10,13-14,16-18H,7-8,11-12H2,1-3H3. The maximum absolute atomic E-state index is 3.81. The van der Waals surface area contributed by atoms with E-state index in [1.54, 1.807) is 0 Å². The van der Waals surface area contributed by atoms with E-state index in [1.807, 2.05) is 0 Å². The zero-order valence-electron chi connectivity index (χ0n) is 12.0.